The molecule has 0 amide bonds. The van der Waals surface area contributed by atoms with Crippen molar-refractivity contribution >= 4 is 27.5 Å². The van der Waals surface area contributed by atoms with Crippen molar-refractivity contribution in [2.24, 2.45) is 5.92 Å². The average Bonchev–Trinajstić information content (AvgIpc) is 3.18. The highest BCUT2D eigenvalue weighted by atomic mass is 35.5. The maximum atomic E-state index is 13.7. The summed E-state index contributed by atoms with van der Waals surface area (Å²) >= 11 is 5.78. The van der Waals surface area contributed by atoms with Crippen LogP contribution in [-0.4, -0.2) is 14.6 Å². The van der Waals surface area contributed by atoms with Gasteiger partial charge in [0.1, 0.15) is 0 Å². The molecule has 3 rings (SSSR count). The van der Waals surface area contributed by atoms with Gasteiger partial charge in [0.2, 0.25) is 5.54 Å². The highest BCUT2D eigenvalue weighted by molar-refractivity contribution is 7.90. The van der Waals surface area contributed by atoms with Crippen molar-refractivity contribution in [1.29, 1.82) is 0 Å². The van der Waals surface area contributed by atoms with Gasteiger partial charge in [0, 0.05) is 16.5 Å². The summed E-state index contributed by atoms with van der Waals surface area (Å²) in [5, 5.41) is 0.0588. The summed E-state index contributed by atoms with van der Waals surface area (Å²) in [6.45, 7) is 0. The summed E-state index contributed by atoms with van der Waals surface area (Å²) in [6, 6.07) is 3.57. The summed E-state index contributed by atoms with van der Waals surface area (Å²) < 4.78 is 68.4. The second-order valence-electron chi connectivity index (χ2n) is 5.19. The molecule has 1 fully saturated rings. The van der Waals surface area contributed by atoms with Gasteiger partial charge in [-0.25, -0.2) is 0 Å². The van der Waals surface area contributed by atoms with Gasteiger partial charge in [-0.3, -0.25) is 4.72 Å². The van der Waals surface area contributed by atoms with E-state index in [1.807, 2.05) is 4.72 Å². The van der Waals surface area contributed by atoms with E-state index in [2.05, 4.69) is 11.8 Å². The summed E-state index contributed by atoms with van der Waals surface area (Å²) in [5.41, 5.74) is -3.54. The van der Waals surface area contributed by atoms with E-state index in [0.29, 0.717) is 12.8 Å². The third-order valence-corrected chi connectivity index (χ3v) is 4.68. The van der Waals surface area contributed by atoms with Crippen LogP contribution in [0.15, 0.2) is 18.2 Å². The van der Waals surface area contributed by atoms with Crippen LogP contribution in [0.1, 0.15) is 18.4 Å². The summed E-state index contributed by atoms with van der Waals surface area (Å²) in [6.07, 6.45) is -3.51. The number of alkyl halides is 3. The van der Waals surface area contributed by atoms with E-state index < -0.39 is 21.9 Å². The number of anilines is 1. The zero-order chi connectivity index (χ0) is 16.2. The summed E-state index contributed by atoms with van der Waals surface area (Å²) in [4.78, 5) is 0. The van der Waals surface area contributed by atoms with Crippen LogP contribution in [0, 0.1) is 17.8 Å². The Labute approximate surface area is 130 Å². The van der Waals surface area contributed by atoms with Gasteiger partial charge in [-0.2, -0.15) is 26.3 Å². The fourth-order valence-electron chi connectivity index (χ4n) is 2.15. The normalized spacial score (nSPS) is 26.4. The lowest BCUT2D eigenvalue weighted by Gasteiger charge is -2.37. The zero-order valence-corrected chi connectivity index (χ0v) is 12.5. The predicted octanol–water partition coefficient (Wildman–Crippen LogP) is 2.77. The first-order valence-electron chi connectivity index (χ1n) is 6.34. The molecule has 4 nitrogen and oxygen atoms in total. The van der Waals surface area contributed by atoms with Crippen LogP contribution in [-0.2, 0) is 15.7 Å². The molecule has 0 radical (unpaired) electrons. The molecule has 118 valence electrons. The Balaban J connectivity index is 2.28. The van der Waals surface area contributed by atoms with Crippen LogP contribution in [0.25, 0.3) is 0 Å². The van der Waals surface area contributed by atoms with Crippen molar-refractivity contribution in [3.05, 3.63) is 28.8 Å². The second kappa shape index (κ2) is 4.78. The van der Waals surface area contributed by atoms with Gasteiger partial charge in [0.25, 0.3) is 0 Å². The molecule has 0 spiro atoms. The molecule has 2 aliphatic rings. The highest BCUT2D eigenvalue weighted by Gasteiger charge is 2.60. The van der Waals surface area contributed by atoms with E-state index in [-0.39, 0.29) is 22.2 Å². The van der Waals surface area contributed by atoms with Crippen LogP contribution in [0.2, 0.25) is 5.02 Å². The van der Waals surface area contributed by atoms with Gasteiger partial charge in [-0.1, -0.05) is 23.4 Å². The molecule has 1 saturated carbocycles. The first-order chi connectivity index (χ1) is 10.1. The first kappa shape index (κ1) is 15.5. The van der Waals surface area contributed by atoms with Crippen LogP contribution >= 0.6 is 11.6 Å². The van der Waals surface area contributed by atoms with Gasteiger partial charge >= 0.3 is 16.4 Å². The van der Waals surface area contributed by atoms with Crippen LogP contribution in [0.4, 0.5) is 18.9 Å². The molecule has 1 unspecified atom stereocenters. The lowest BCUT2D eigenvalue weighted by atomic mass is 9.89. The Kier molecular flexibility index (Phi) is 3.36. The van der Waals surface area contributed by atoms with Crippen molar-refractivity contribution < 1.29 is 21.6 Å². The quantitative estimate of drug-likeness (QED) is 0.707. The summed E-state index contributed by atoms with van der Waals surface area (Å²) in [7, 11) is -4.39. The fraction of sp³-hybridized carbons (Fsp3) is 0.385. The molecule has 1 aliphatic heterocycles. The Hall–Kier alpha value is -1.43. The van der Waals surface area contributed by atoms with Gasteiger partial charge in [-0.15, -0.1) is 0 Å². The molecule has 2 N–H and O–H groups in total. The molecule has 9 heteroatoms. The van der Waals surface area contributed by atoms with Gasteiger partial charge < -0.3 is 0 Å². The van der Waals surface area contributed by atoms with Crippen LogP contribution in [0.3, 0.4) is 0 Å². The second-order valence-corrected chi connectivity index (χ2v) is 7.04. The van der Waals surface area contributed by atoms with E-state index in [1.54, 1.807) is 4.72 Å². The van der Waals surface area contributed by atoms with Crippen LogP contribution in [0.5, 0.6) is 0 Å². The molecule has 1 aromatic carbocycles. The molecular weight excluding hydrogens is 341 g/mol. The number of nitrogens with one attached hydrogen (secondary N) is 2. The van der Waals surface area contributed by atoms with Gasteiger partial charge in [0.05, 0.1) is 5.69 Å². The van der Waals surface area contributed by atoms with Crippen molar-refractivity contribution in [2.45, 2.75) is 24.6 Å². The maximum absolute atomic E-state index is 13.7. The van der Waals surface area contributed by atoms with Crippen molar-refractivity contribution in [3.63, 3.8) is 0 Å². The number of rotatable bonds is 0. The third kappa shape index (κ3) is 2.64. The van der Waals surface area contributed by atoms with Crippen molar-refractivity contribution in [2.75, 3.05) is 4.72 Å². The predicted molar refractivity (Wildman–Crippen MR) is 75.4 cm³/mol. The van der Waals surface area contributed by atoms with Crippen molar-refractivity contribution in [3.8, 4) is 11.8 Å². The topological polar surface area (TPSA) is 58.2 Å². The minimum Gasteiger partial charge on any atom is -0.271 e. The highest BCUT2D eigenvalue weighted by Crippen LogP contribution is 2.46. The van der Waals surface area contributed by atoms with Gasteiger partial charge in [-0.05, 0) is 31.0 Å². The Morgan fingerprint density at radius 1 is 1.32 bits per heavy atom. The average molecular weight is 351 g/mol. The molecule has 1 aliphatic carbocycles. The Bertz CT molecular complexity index is 794. The largest absolute Gasteiger partial charge is 0.423 e. The number of benzene rings is 1. The molecule has 1 heterocycles. The monoisotopic (exact) mass is 350 g/mol. The van der Waals surface area contributed by atoms with Crippen molar-refractivity contribution in [1.82, 2.24) is 4.72 Å². The van der Waals surface area contributed by atoms with Crippen LogP contribution < -0.4 is 9.44 Å². The van der Waals surface area contributed by atoms with E-state index in [1.165, 1.54) is 12.1 Å². The number of halogens is 4. The standard InChI is InChI=1S/C13H10ClF3N2O2S/c14-9-3-4-11-10(7-9)12(13(15,16)17,6-5-8-1-2-8)19-22(20,21)18-11/h3-4,7-8,18-19H,1-2H2. The summed E-state index contributed by atoms with van der Waals surface area (Å²) in [5.74, 6) is 4.49. The fourth-order valence-corrected chi connectivity index (χ4v) is 3.53. The Morgan fingerprint density at radius 3 is 2.59 bits per heavy atom. The first-order valence-corrected chi connectivity index (χ1v) is 8.20. The number of hydrogen-bond acceptors (Lipinski definition) is 2. The van der Waals surface area contributed by atoms with E-state index >= 15 is 0 Å². The maximum Gasteiger partial charge on any atom is 0.423 e. The molecular formula is C13H10ClF3N2O2S. The molecule has 0 aromatic heterocycles. The lowest BCUT2D eigenvalue weighted by Crippen LogP contribution is -2.59. The Morgan fingerprint density at radius 2 is 2.00 bits per heavy atom. The molecule has 0 saturated heterocycles. The smallest absolute Gasteiger partial charge is 0.271 e. The van der Waals surface area contributed by atoms with E-state index in [4.69, 9.17) is 11.6 Å². The third-order valence-electron chi connectivity index (χ3n) is 3.38. The molecule has 1 aromatic rings. The SMILES string of the molecule is O=S1(=O)Nc2ccc(Cl)cc2C(C#CC2CC2)(C(F)(F)F)N1. The van der Waals surface area contributed by atoms with Gasteiger partial charge in [0.15, 0.2) is 0 Å². The number of hydrogen-bond donors (Lipinski definition) is 2. The van der Waals surface area contributed by atoms with E-state index in [9.17, 15) is 21.6 Å². The lowest BCUT2D eigenvalue weighted by molar-refractivity contribution is -0.176. The van der Waals surface area contributed by atoms with E-state index in [0.717, 1.165) is 6.07 Å². The molecule has 1 atom stereocenters. The zero-order valence-electron chi connectivity index (χ0n) is 11.0. The molecule has 0 bridgehead atoms. The minimum absolute atomic E-state index is 0.0588. The minimum atomic E-state index is -4.94. The number of fused-ring (bicyclic) bond motifs is 1. The molecule has 22 heavy (non-hydrogen) atoms.